The molecule has 104 valence electrons. The van der Waals surface area contributed by atoms with E-state index >= 15 is 0 Å². The summed E-state index contributed by atoms with van der Waals surface area (Å²) in [4.78, 5) is 11.6. The first-order chi connectivity index (χ1) is 8.95. The van der Waals surface area contributed by atoms with Gasteiger partial charge in [0.05, 0.1) is 18.2 Å². The van der Waals surface area contributed by atoms with Crippen molar-refractivity contribution in [2.75, 3.05) is 18.5 Å². The highest BCUT2D eigenvalue weighted by atomic mass is 19.4. The molecule has 19 heavy (non-hydrogen) atoms. The molecule has 2 N–H and O–H groups in total. The third-order valence-corrected chi connectivity index (χ3v) is 2.74. The summed E-state index contributed by atoms with van der Waals surface area (Å²) in [5.41, 5.74) is -0.438. The van der Waals surface area contributed by atoms with Crippen LogP contribution < -0.4 is 10.6 Å². The van der Waals surface area contributed by atoms with Gasteiger partial charge >= 0.3 is 12.2 Å². The summed E-state index contributed by atoms with van der Waals surface area (Å²) in [5, 5.41) is 5.15. The molecule has 4 nitrogen and oxygen atoms in total. The first-order valence-corrected chi connectivity index (χ1v) is 5.77. The summed E-state index contributed by atoms with van der Waals surface area (Å²) in [6.07, 6.45) is -3.64. The molecule has 0 radical (unpaired) electrons. The van der Waals surface area contributed by atoms with Gasteiger partial charge in [0.1, 0.15) is 0 Å². The molecule has 1 atom stereocenters. The Morgan fingerprint density at radius 1 is 1.26 bits per heavy atom. The van der Waals surface area contributed by atoms with E-state index in [1.54, 1.807) is 0 Å². The molecule has 7 heteroatoms. The van der Waals surface area contributed by atoms with Crippen molar-refractivity contribution < 1.29 is 22.7 Å². The molecule has 1 aromatic carbocycles. The number of urea groups is 1. The van der Waals surface area contributed by atoms with Gasteiger partial charge in [0.2, 0.25) is 0 Å². The fourth-order valence-electron chi connectivity index (χ4n) is 1.74. The van der Waals surface area contributed by atoms with Crippen molar-refractivity contribution in [1.29, 1.82) is 0 Å². The number of hydrogen-bond acceptors (Lipinski definition) is 2. The Hall–Kier alpha value is -1.76. The van der Waals surface area contributed by atoms with Gasteiger partial charge in [-0.25, -0.2) is 4.79 Å². The highest BCUT2D eigenvalue weighted by molar-refractivity contribution is 5.89. The van der Waals surface area contributed by atoms with E-state index in [-0.39, 0.29) is 6.04 Å². The van der Waals surface area contributed by atoms with E-state index in [0.717, 1.165) is 18.6 Å². The third kappa shape index (κ3) is 3.85. The SMILES string of the molecule is O=C(Nc1ccc(C(F)(F)F)cc1)NC1CCOC1. The van der Waals surface area contributed by atoms with E-state index in [0.29, 0.717) is 18.9 Å². The number of amides is 2. The number of anilines is 1. The molecule has 0 aliphatic carbocycles. The standard InChI is InChI=1S/C12H13F3N2O2/c13-12(14,15)8-1-3-9(4-2-8)16-11(18)17-10-5-6-19-7-10/h1-4,10H,5-7H2,(H2,16,17,18). The van der Waals surface area contributed by atoms with Crippen LogP contribution in [-0.2, 0) is 10.9 Å². The Labute approximate surface area is 107 Å². The fraction of sp³-hybridized carbons (Fsp3) is 0.417. The number of nitrogens with one attached hydrogen (secondary N) is 2. The van der Waals surface area contributed by atoms with Crippen LogP contribution in [0.1, 0.15) is 12.0 Å². The number of benzene rings is 1. The zero-order valence-electron chi connectivity index (χ0n) is 9.96. The molecule has 1 saturated heterocycles. The number of ether oxygens (including phenoxy) is 1. The van der Waals surface area contributed by atoms with Crippen molar-refractivity contribution in [2.45, 2.75) is 18.6 Å². The van der Waals surface area contributed by atoms with Gasteiger partial charge in [-0.1, -0.05) is 0 Å². The van der Waals surface area contributed by atoms with Gasteiger partial charge in [0.15, 0.2) is 0 Å². The van der Waals surface area contributed by atoms with Crippen molar-refractivity contribution in [3.05, 3.63) is 29.8 Å². The normalized spacial score (nSPS) is 19.2. The van der Waals surface area contributed by atoms with Crippen LogP contribution in [0.4, 0.5) is 23.7 Å². The Kier molecular flexibility index (Phi) is 3.94. The van der Waals surface area contributed by atoms with E-state index in [2.05, 4.69) is 10.6 Å². The number of hydrogen-bond donors (Lipinski definition) is 2. The summed E-state index contributed by atoms with van der Waals surface area (Å²) in [6.45, 7) is 1.06. The maximum atomic E-state index is 12.3. The van der Waals surface area contributed by atoms with E-state index in [4.69, 9.17) is 4.74 Å². The first kappa shape index (κ1) is 13.7. The number of alkyl halides is 3. The molecule has 2 amide bonds. The monoisotopic (exact) mass is 274 g/mol. The van der Waals surface area contributed by atoms with E-state index < -0.39 is 17.8 Å². The topological polar surface area (TPSA) is 50.4 Å². The Balaban J connectivity index is 1.90. The van der Waals surface area contributed by atoms with Crippen LogP contribution in [0.5, 0.6) is 0 Å². The minimum atomic E-state index is -4.37. The number of carbonyl (C=O) groups is 1. The maximum absolute atomic E-state index is 12.3. The molecule has 1 unspecified atom stereocenters. The maximum Gasteiger partial charge on any atom is 0.416 e. The summed E-state index contributed by atoms with van der Waals surface area (Å²) in [6, 6.07) is 3.79. The third-order valence-electron chi connectivity index (χ3n) is 2.74. The average Bonchev–Trinajstić information content (AvgIpc) is 2.81. The van der Waals surface area contributed by atoms with E-state index in [1.165, 1.54) is 12.1 Å². The minimum absolute atomic E-state index is 0.0468. The van der Waals surface area contributed by atoms with Crippen molar-refractivity contribution in [3.63, 3.8) is 0 Å². The molecular formula is C12H13F3N2O2. The lowest BCUT2D eigenvalue weighted by Gasteiger charge is -2.12. The Morgan fingerprint density at radius 3 is 2.47 bits per heavy atom. The molecular weight excluding hydrogens is 261 g/mol. The zero-order chi connectivity index (χ0) is 13.9. The Bertz CT molecular complexity index is 439. The molecule has 1 heterocycles. The smallest absolute Gasteiger partial charge is 0.379 e. The lowest BCUT2D eigenvalue weighted by molar-refractivity contribution is -0.137. The van der Waals surface area contributed by atoms with E-state index in [1.807, 2.05) is 0 Å². The summed E-state index contributed by atoms with van der Waals surface area (Å²) in [7, 11) is 0. The molecule has 1 aromatic rings. The number of carbonyl (C=O) groups excluding carboxylic acids is 1. The zero-order valence-corrected chi connectivity index (χ0v) is 9.96. The van der Waals surface area contributed by atoms with Crippen LogP contribution in [0.15, 0.2) is 24.3 Å². The molecule has 0 spiro atoms. The van der Waals surface area contributed by atoms with Gasteiger partial charge in [0, 0.05) is 12.3 Å². The second-order valence-corrected chi connectivity index (χ2v) is 4.23. The molecule has 2 rings (SSSR count). The summed E-state index contributed by atoms with van der Waals surface area (Å²) >= 11 is 0. The number of halogens is 3. The van der Waals surface area contributed by atoms with Gasteiger partial charge in [-0.2, -0.15) is 13.2 Å². The fourth-order valence-corrected chi connectivity index (χ4v) is 1.74. The molecule has 1 fully saturated rings. The minimum Gasteiger partial charge on any atom is -0.379 e. The van der Waals surface area contributed by atoms with Crippen LogP contribution in [0, 0.1) is 0 Å². The van der Waals surface area contributed by atoms with Crippen LogP contribution in [0.2, 0.25) is 0 Å². The lowest BCUT2D eigenvalue weighted by atomic mass is 10.2. The molecule has 0 saturated carbocycles. The van der Waals surface area contributed by atoms with Gasteiger partial charge in [0.25, 0.3) is 0 Å². The predicted molar refractivity (Wildman–Crippen MR) is 62.8 cm³/mol. The van der Waals surface area contributed by atoms with Crippen molar-refractivity contribution in [3.8, 4) is 0 Å². The van der Waals surface area contributed by atoms with Crippen molar-refractivity contribution >= 4 is 11.7 Å². The second kappa shape index (κ2) is 5.48. The van der Waals surface area contributed by atoms with Crippen molar-refractivity contribution in [1.82, 2.24) is 5.32 Å². The number of rotatable bonds is 2. The molecule has 1 aliphatic rings. The largest absolute Gasteiger partial charge is 0.416 e. The van der Waals surface area contributed by atoms with Gasteiger partial charge in [-0.05, 0) is 30.7 Å². The van der Waals surface area contributed by atoms with E-state index in [9.17, 15) is 18.0 Å². The first-order valence-electron chi connectivity index (χ1n) is 5.77. The summed E-state index contributed by atoms with van der Waals surface area (Å²) in [5.74, 6) is 0. The van der Waals surface area contributed by atoms with Crippen LogP contribution in [0.25, 0.3) is 0 Å². The van der Waals surface area contributed by atoms with Gasteiger partial charge in [-0.15, -0.1) is 0 Å². The molecule has 0 aromatic heterocycles. The van der Waals surface area contributed by atoms with Crippen LogP contribution in [-0.4, -0.2) is 25.3 Å². The highest BCUT2D eigenvalue weighted by Crippen LogP contribution is 2.29. The van der Waals surface area contributed by atoms with Crippen LogP contribution >= 0.6 is 0 Å². The predicted octanol–water partition coefficient (Wildman–Crippen LogP) is 2.62. The highest BCUT2D eigenvalue weighted by Gasteiger charge is 2.30. The Morgan fingerprint density at radius 2 is 1.95 bits per heavy atom. The second-order valence-electron chi connectivity index (χ2n) is 4.23. The summed E-state index contributed by atoms with van der Waals surface area (Å²) < 4.78 is 42.1. The average molecular weight is 274 g/mol. The van der Waals surface area contributed by atoms with Crippen molar-refractivity contribution in [2.24, 2.45) is 0 Å². The molecule has 0 bridgehead atoms. The van der Waals surface area contributed by atoms with Gasteiger partial charge < -0.3 is 15.4 Å². The lowest BCUT2D eigenvalue weighted by Crippen LogP contribution is -2.38. The van der Waals surface area contributed by atoms with Gasteiger partial charge in [-0.3, -0.25) is 0 Å². The molecule has 1 aliphatic heterocycles. The quantitative estimate of drug-likeness (QED) is 0.871. The van der Waals surface area contributed by atoms with Crippen LogP contribution in [0.3, 0.4) is 0 Å².